The molecule has 22 heavy (non-hydrogen) atoms. The number of thioether (sulfide) groups is 1. The first kappa shape index (κ1) is 17.4. The second-order valence-electron chi connectivity index (χ2n) is 6.05. The Morgan fingerprint density at radius 2 is 2.18 bits per heavy atom. The number of benzene rings is 1. The maximum absolute atomic E-state index is 11.6. The molecule has 1 amide bonds. The molecule has 1 aromatic carbocycles. The van der Waals surface area contributed by atoms with Crippen molar-refractivity contribution >= 4 is 17.7 Å². The summed E-state index contributed by atoms with van der Waals surface area (Å²) >= 11 is 1.93. The van der Waals surface area contributed by atoms with Gasteiger partial charge in [0.2, 0.25) is 5.91 Å². The van der Waals surface area contributed by atoms with Gasteiger partial charge in [-0.1, -0.05) is 25.1 Å². The maximum atomic E-state index is 11.6. The summed E-state index contributed by atoms with van der Waals surface area (Å²) in [6.07, 6.45) is 4.08. The van der Waals surface area contributed by atoms with Crippen LogP contribution >= 0.6 is 11.8 Å². The fourth-order valence-corrected chi connectivity index (χ4v) is 3.95. The van der Waals surface area contributed by atoms with Gasteiger partial charge in [0.25, 0.3) is 0 Å². The molecule has 2 rings (SSSR count). The van der Waals surface area contributed by atoms with Gasteiger partial charge >= 0.3 is 0 Å². The molecule has 0 radical (unpaired) electrons. The first-order valence-corrected chi connectivity index (χ1v) is 9.39. The first-order valence-electron chi connectivity index (χ1n) is 8.40. The molecule has 4 heteroatoms. The third-order valence-corrected chi connectivity index (χ3v) is 5.36. The van der Waals surface area contributed by atoms with Gasteiger partial charge in [0.05, 0.1) is 0 Å². The molecule has 2 atom stereocenters. The molecule has 1 aromatic rings. The van der Waals surface area contributed by atoms with E-state index in [2.05, 4.69) is 47.5 Å². The van der Waals surface area contributed by atoms with E-state index in [4.69, 9.17) is 0 Å². The van der Waals surface area contributed by atoms with Crippen LogP contribution in [0.2, 0.25) is 0 Å². The van der Waals surface area contributed by atoms with Gasteiger partial charge in [0.15, 0.2) is 0 Å². The van der Waals surface area contributed by atoms with Gasteiger partial charge in [-0.2, -0.15) is 0 Å². The summed E-state index contributed by atoms with van der Waals surface area (Å²) in [5.41, 5.74) is 0. The van der Waals surface area contributed by atoms with E-state index in [1.807, 2.05) is 18.7 Å². The highest BCUT2D eigenvalue weighted by Gasteiger charge is 2.24. The SMILES string of the molecule is CCC(=O)NC1CCCN(C(C)CCSc2ccccc2)C1. The molecule has 122 valence electrons. The average Bonchev–Trinajstić information content (AvgIpc) is 2.56. The summed E-state index contributed by atoms with van der Waals surface area (Å²) in [6.45, 7) is 6.40. The van der Waals surface area contributed by atoms with Gasteiger partial charge in [0, 0.05) is 29.9 Å². The lowest BCUT2D eigenvalue weighted by atomic mass is 10.0. The van der Waals surface area contributed by atoms with Crippen LogP contribution in [0.1, 0.15) is 39.5 Å². The van der Waals surface area contributed by atoms with Gasteiger partial charge < -0.3 is 5.32 Å². The van der Waals surface area contributed by atoms with E-state index >= 15 is 0 Å². The molecule has 0 saturated carbocycles. The summed E-state index contributed by atoms with van der Waals surface area (Å²) in [6, 6.07) is 11.5. The Kier molecular flexibility index (Phi) is 7.26. The van der Waals surface area contributed by atoms with Gasteiger partial charge in [-0.3, -0.25) is 9.69 Å². The van der Waals surface area contributed by atoms with E-state index in [-0.39, 0.29) is 5.91 Å². The fraction of sp³-hybridized carbons (Fsp3) is 0.611. The topological polar surface area (TPSA) is 32.3 Å². The van der Waals surface area contributed by atoms with Crippen LogP contribution in [0.25, 0.3) is 0 Å². The number of nitrogens with zero attached hydrogens (tertiary/aromatic N) is 1. The van der Waals surface area contributed by atoms with Crippen LogP contribution in [0.3, 0.4) is 0 Å². The van der Waals surface area contributed by atoms with Crippen molar-refractivity contribution in [3.63, 3.8) is 0 Å². The number of amides is 1. The molecule has 3 nitrogen and oxygen atoms in total. The number of carbonyl (C=O) groups is 1. The van der Waals surface area contributed by atoms with E-state index < -0.39 is 0 Å². The summed E-state index contributed by atoms with van der Waals surface area (Å²) in [7, 11) is 0. The molecule has 1 heterocycles. The van der Waals surface area contributed by atoms with Crippen molar-refractivity contribution in [2.45, 2.75) is 56.5 Å². The molecule has 1 aliphatic rings. The summed E-state index contributed by atoms with van der Waals surface area (Å²) in [5.74, 6) is 1.33. The predicted molar refractivity (Wildman–Crippen MR) is 94.3 cm³/mol. The zero-order chi connectivity index (χ0) is 15.8. The molecular weight excluding hydrogens is 292 g/mol. The predicted octanol–water partition coefficient (Wildman–Crippen LogP) is 3.55. The number of carbonyl (C=O) groups excluding carboxylic acids is 1. The van der Waals surface area contributed by atoms with Gasteiger partial charge in [-0.25, -0.2) is 0 Å². The maximum Gasteiger partial charge on any atom is 0.219 e. The van der Waals surface area contributed by atoms with Crippen LogP contribution in [0.4, 0.5) is 0 Å². The van der Waals surface area contributed by atoms with E-state index in [1.165, 1.54) is 17.7 Å². The Labute approximate surface area is 138 Å². The minimum absolute atomic E-state index is 0.180. The van der Waals surface area contributed by atoms with Crippen LogP contribution < -0.4 is 5.32 Å². The summed E-state index contributed by atoms with van der Waals surface area (Å²) < 4.78 is 0. The van der Waals surface area contributed by atoms with Crippen molar-refractivity contribution < 1.29 is 4.79 Å². The highest BCUT2D eigenvalue weighted by molar-refractivity contribution is 7.99. The van der Waals surface area contributed by atoms with Crippen molar-refractivity contribution in [1.29, 1.82) is 0 Å². The normalized spacial score (nSPS) is 20.5. The van der Waals surface area contributed by atoms with Crippen molar-refractivity contribution in [3.8, 4) is 0 Å². The lowest BCUT2D eigenvalue weighted by Gasteiger charge is -2.37. The number of nitrogens with one attached hydrogen (secondary N) is 1. The van der Waals surface area contributed by atoms with Crippen LogP contribution in [-0.2, 0) is 4.79 Å². The lowest BCUT2D eigenvalue weighted by Crippen LogP contribution is -2.50. The average molecular weight is 321 g/mol. The van der Waals surface area contributed by atoms with E-state index in [9.17, 15) is 4.79 Å². The van der Waals surface area contributed by atoms with Crippen molar-refractivity contribution in [2.75, 3.05) is 18.8 Å². The molecule has 0 aliphatic carbocycles. The second kappa shape index (κ2) is 9.21. The van der Waals surface area contributed by atoms with Crippen molar-refractivity contribution in [1.82, 2.24) is 10.2 Å². The second-order valence-corrected chi connectivity index (χ2v) is 7.22. The molecule has 2 unspecified atom stereocenters. The van der Waals surface area contributed by atoms with Crippen molar-refractivity contribution in [2.24, 2.45) is 0 Å². The molecular formula is C18H28N2OS. The van der Waals surface area contributed by atoms with Crippen molar-refractivity contribution in [3.05, 3.63) is 30.3 Å². The number of hydrogen-bond acceptors (Lipinski definition) is 3. The third kappa shape index (κ3) is 5.65. The molecule has 1 fully saturated rings. The molecule has 1 saturated heterocycles. The summed E-state index contributed by atoms with van der Waals surface area (Å²) in [4.78, 5) is 15.4. The van der Waals surface area contributed by atoms with Crippen LogP contribution in [0.5, 0.6) is 0 Å². The van der Waals surface area contributed by atoms with Crippen LogP contribution in [0, 0.1) is 0 Å². The van der Waals surface area contributed by atoms with Crippen LogP contribution in [0.15, 0.2) is 35.2 Å². The Morgan fingerprint density at radius 1 is 1.41 bits per heavy atom. The Hall–Kier alpha value is -1.00. The number of piperidine rings is 1. The fourth-order valence-electron chi connectivity index (χ4n) is 2.90. The van der Waals surface area contributed by atoms with E-state index in [1.54, 1.807) is 0 Å². The molecule has 0 aromatic heterocycles. The third-order valence-electron chi connectivity index (χ3n) is 4.31. The molecule has 1 N–H and O–H groups in total. The number of hydrogen-bond donors (Lipinski definition) is 1. The Morgan fingerprint density at radius 3 is 2.91 bits per heavy atom. The van der Waals surface area contributed by atoms with E-state index in [0.29, 0.717) is 18.5 Å². The largest absolute Gasteiger partial charge is 0.352 e. The lowest BCUT2D eigenvalue weighted by molar-refractivity contribution is -0.121. The van der Waals surface area contributed by atoms with E-state index in [0.717, 1.165) is 25.3 Å². The molecule has 1 aliphatic heterocycles. The smallest absolute Gasteiger partial charge is 0.219 e. The first-order chi connectivity index (χ1) is 10.7. The standard InChI is InChI=1S/C18H28N2OS/c1-3-18(21)19-16-8-7-12-20(14-16)15(2)11-13-22-17-9-5-4-6-10-17/h4-6,9-10,15-16H,3,7-8,11-14H2,1-2H3,(H,19,21). The molecule has 0 spiro atoms. The van der Waals surface area contributed by atoms with Gasteiger partial charge in [-0.05, 0) is 50.6 Å². The van der Waals surface area contributed by atoms with Gasteiger partial charge in [-0.15, -0.1) is 11.8 Å². The quantitative estimate of drug-likeness (QED) is 0.780. The van der Waals surface area contributed by atoms with Gasteiger partial charge in [0.1, 0.15) is 0 Å². The number of likely N-dealkylation sites (tertiary alicyclic amines) is 1. The Bertz CT molecular complexity index is 452. The van der Waals surface area contributed by atoms with Crippen LogP contribution in [-0.4, -0.2) is 41.7 Å². The number of rotatable bonds is 7. The highest BCUT2D eigenvalue weighted by Crippen LogP contribution is 2.21. The minimum atomic E-state index is 0.180. The summed E-state index contributed by atoms with van der Waals surface area (Å²) in [5, 5.41) is 3.15. The molecule has 0 bridgehead atoms. The zero-order valence-electron chi connectivity index (χ0n) is 13.8. The Balaban J connectivity index is 1.72. The minimum Gasteiger partial charge on any atom is -0.352 e. The zero-order valence-corrected chi connectivity index (χ0v) is 14.6. The highest BCUT2D eigenvalue weighted by atomic mass is 32.2. The monoisotopic (exact) mass is 320 g/mol.